The summed E-state index contributed by atoms with van der Waals surface area (Å²) in [6.07, 6.45) is 4.96. The fourth-order valence-corrected chi connectivity index (χ4v) is 4.81. The summed E-state index contributed by atoms with van der Waals surface area (Å²) in [5.74, 6) is 0.890. The molecule has 3 aliphatic rings. The number of nitrogens with zero attached hydrogens (tertiary/aromatic N) is 2. The maximum atomic E-state index is 15.8. The Bertz CT molecular complexity index is 811. The molecular weight excluding hydrogens is 319 g/mol. The first-order chi connectivity index (χ1) is 12.1. The van der Waals surface area contributed by atoms with Crippen LogP contribution in [0.4, 0.5) is 4.48 Å². The van der Waals surface area contributed by atoms with Crippen LogP contribution >= 0.6 is 0 Å². The molecule has 1 aromatic heterocycles. The van der Waals surface area contributed by atoms with Gasteiger partial charge in [-0.15, -0.1) is 11.3 Å². The molecule has 4 nitrogen and oxygen atoms in total. The summed E-state index contributed by atoms with van der Waals surface area (Å²) in [7, 11) is 1.64. The standard InChI is InChI=1S/C20H23FN2O2/c1-3-13-12-23(21)9-7-14(13)10-19(23)20(25-2)16-6-8-22-18-5-4-15(24)11-17(16)18/h3-6,8,11,13-14,19-20H,1,7,9-10,12H2,2H3/p+1/t13?,14?,19?,20-,23?/m0/s1. The number of hydrogen-bond donors (Lipinski definition) is 1. The second-order valence-electron chi connectivity index (χ2n) is 7.34. The number of pyridine rings is 1. The highest BCUT2D eigenvalue weighted by Crippen LogP contribution is 2.48. The van der Waals surface area contributed by atoms with Crippen LogP contribution in [0.2, 0.25) is 0 Å². The quantitative estimate of drug-likeness (QED) is 0.676. The maximum Gasteiger partial charge on any atom is 0.156 e. The fourth-order valence-electron chi connectivity index (χ4n) is 4.81. The van der Waals surface area contributed by atoms with Crippen LogP contribution < -0.4 is 0 Å². The molecule has 0 amide bonds. The zero-order valence-corrected chi connectivity index (χ0v) is 14.4. The molecule has 5 heteroatoms. The van der Waals surface area contributed by atoms with Crippen molar-refractivity contribution in [2.24, 2.45) is 11.8 Å². The van der Waals surface area contributed by atoms with E-state index in [2.05, 4.69) is 11.6 Å². The molecule has 25 heavy (non-hydrogen) atoms. The van der Waals surface area contributed by atoms with Crippen LogP contribution in [0.25, 0.3) is 10.9 Å². The van der Waals surface area contributed by atoms with E-state index in [1.165, 1.54) is 0 Å². The lowest BCUT2D eigenvalue weighted by Gasteiger charge is -2.51. The molecule has 1 aromatic carbocycles. The van der Waals surface area contributed by atoms with E-state index < -0.39 is 4.71 Å². The number of phenolic OH excluding ortho intramolecular Hbond substituents is 1. The van der Waals surface area contributed by atoms with E-state index in [-0.39, 0.29) is 23.8 Å². The Labute approximate surface area is 147 Å². The van der Waals surface area contributed by atoms with Crippen molar-refractivity contribution in [3.63, 3.8) is 0 Å². The van der Waals surface area contributed by atoms with Crippen LogP contribution in [-0.2, 0) is 4.74 Å². The zero-order chi connectivity index (χ0) is 17.6. The number of ether oxygens (including phenoxy) is 1. The first-order valence-corrected chi connectivity index (χ1v) is 8.85. The molecular formula is C20H24FN2O2+. The van der Waals surface area contributed by atoms with Crippen molar-refractivity contribution >= 4 is 10.9 Å². The predicted octanol–water partition coefficient (Wildman–Crippen LogP) is 3.92. The SMILES string of the molecule is C=CC1C[N+]2(F)CCC1CC2[C@@H](OC)c1ccnc2ccc(O)cc12. The van der Waals surface area contributed by atoms with Crippen LogP contribution in [0, 0.1) is 11.8 Å². The number of piperidine rings is 3. The average molecular weight is 343 g/mol. The summed E-state index contributed by atoms with van der Waals surface area (Å²) in [6, 6.07) is 6.73. The smallest absolute Gasteiger partial charge is 0.156 e. The van der Waals surface area contributed by atoms with Crippen molar-refractivity contribution in [1.29, 1.82) is 0 Å². The maximum absolute atomic E-state index is 15.8. The Morgan fingerprint density at radius 1 is 1.44 bits per heavy atom. The van der Waals surface area contributed by atoms with Gasteiger partial charge in [-0.2, -0.15) is 0 Å². The number of phenols is 1. The van der Waals surface area contributed by atoms with Gasteiger partial charge in [-0.3, -0.25) is 4.98 Å². The van der Waals surface area contributed by atoms with Gasteiger partial charge in [0.1, 0.15) is 24.9 Å². The van der Waals surface area contributed by atoms with E-state index in [4.69, 9.17) is 4.74 Å². The van der Waals surface area contributed by atoms with E-state index in [1.54, 1.807) is 31.5 Å². The van der Waals surface area contributed by atoms with Crippen LogP contribution in [0.3, 0.4) is 0 Å². The molecule has 0 radical (unpaired) electrons. The lowest BCUT2D eigenvalue weighted by atomic mass is 9.73. The minimum absolute atomic E-state index is 0.179. The second-order valence-corrected chi connectivity index (χ2v) is 7.34. The summed E-state index contributed by atoms with van der Waals surface area (Å²) < 4.78 is 21.1. The molecule has 5 rings (SSSR count). The number of hydrogen-bond acceptors (Lipinski definition) is 3. The summed E-state index contributed by atoms with van der Waals surface area (Å²) in [4.78, 5) is 4.36. The van der Waals surface area contributed by atoms with Crippen molar-refractivity contribution in [2.75, 3.05) is 20.2 Å². The number of benzene rings is 1. The molecule has 1 N–H and O–H groups in total. The molecule has 4 unspecified atom stereocenters. The van der Waals surface area contributed by atoms with E-state index >= 15 is 4.48 Å². The zero-order valence-electron chi connectivity index (χ0n) is 14.4. The van der Waals surface area contributed by atoms with Crippen LogP contribution in [0.15, 0.2) is 43.1 Å². The van der Waals surface area contributed by atoms with Crippen molar-refractivity contribution in [1.82, 2.24) is 4.98 Å². The van der Waals surface area contributed by atoms with Crippen LogP contribution in [0.5, 0.6) is 5.75 Å². The van der Waals surface area contributed by atoms with Crippen molar-refractivity contribution < 1.29 is 19.0 Å². The number of halogens is 1. The molecule has 0 saturated carbocycles. The van der Waals surface area contributed by atoms with Crippen molar-refractivity contribution in [2.45, 2.75) is 25.0 Å². The third kappa shape index (κ3) is 2.62. The predicted molar refractivity (Wildman–Crippen MR) is 94.5 cm³/mol. The highest BCUT2D eigenvalue weighted by Gasteiger charge is 2.56. The summed E-state index contributed by atoms with van der Waals surface area (Å²) in [6.45, 7) is 4.90. The number of aromatic hydroxyl groups is 1. The molecule has 3 aliphatic heterocycles. The molecule has 2 bridgehead atoms. The van der Waals surface area contributed by atoms with Crippen molar-refractivity contribution in [3.05, 3.63) is 48.7 Å². The first-order valence-electron chi connectivity index (χ1n) is 8.85. The number of rotatable bonds is 4. The van der Waals surface area contributed by atoms with Gasteiger partial charge >= 0.3 is 0 Å². The van der Waals surface area contributed by atoms with Crippen molar-refractivity contribution in [3.8, 4) is 5.75 Å². The summed E-state index contributed by atoms with van der Waals surface area (Å²) in [5, 5.41) is 10.7. The highest BCUT2D eigenvalue weighted by atomic mass is 19.2. The Balaban J connectivity index is 1.77. The molecule has 3 fully saturated rings. The summed E-state index contributed by atoms with van der Waals surface area (Å²) >= 11 is 0. The Morgan fingerprint density at radius 2 is 2.28 bits per heavy atom. The Morgan fingerprint density at radius 3 is 3.00 bits per heavy atom. The van der Waals surface area contributed by atoms with Gasteiger partial charge in [0.25, 0.3) is 0 Å². The van der Waals surface area contributed by atoms with Gasteiger partial charge in [-0.25, -0.2) is 0 Å². The van der Waals surface area contributed by atoms with E-state index in [9.17, 15) is 5.11 Å². The lowest BCUT2D eigenvalue weighted by Crippen LogP contribution is -2.63. The van der Waals surface area contributed by atoms with Crippen LogP contribution in [0.1, 0.15) is 24.5 Å². The molecule has 132 valence electrons. The van der Waals surface area contributed by atoms with Gasteiger partial charge in [0.15, 0.2) is 6.04 Å². The fraction of sp³-hybridized carbons (Fsp3) is 0.450. The number of aromatic nitrogens is 1. The topological polar surface area (TPSA) is 42.4 Å². The van der Waals surface area contributed by atoms with Gasteiger partial charge in [0.05, 0.1) is 5.52 Å². The normalized spacial score (nSPS) is 32.6. The first kappa shape index (κ1) is 16.5. The monoisotopic (exact) mass is 343 g/mol. The second kappa shape index (κ2) is 6.07. The minimum atomic E-state index is -0.464. The van der Waals surface area contributed by atoms with Gasteiger partial charge in [0, 0.05) is 37.5 Å². The molecule has 0 spiro atoms. The molecule has 0 aliphatic carbocycles. The third-order valence-corrected chi connectivity index (χ3v) is 6.10. The number of quaternary nitrogens is 1. The largest absolute Gasteiger partial charge is 0.508 e. The Kier molecular flexibility index (Phi) is 4.01. The van der Waals surface area contributed by atoms with E-state index in [0.717, 1.165) is 29.3 Å². The number of fused-ring (bicyclic) bond motifs is 4. The molecule has 3 saturated heterocycles. The minimum Gasteiger partial charge on any atom is -0.508 e. The lowest BCUT2D eigenvalue weighted by molar-refractivity contribution is -1.09. The summed E-state index contributed by atoms with van der Waals surface area (Å²) in [5.41, 5.74) is 1.67. The average Bonchev–Trinajstić information content (AvgIpc) is 2.63. The molecule has 2 aromatic rings. The van der Waals surface area contributed by atoms with E-state index in [1.807, 2.05) is 12.1 Å². The molecule has 4 heterocycles. The van der Waals surface area contributed by atoms with Gasteiger partial charge < -0.3 is 9.84 Å². The van der Waals surface area contributed by atoms with Crippen LogP contribution in [-0.4, -0.2) is 41.0 Å². The van der Waals surface area contributed by atoms with Gasteiger partial charge in [-0.1, -0.05) is 6.08 Å². The third-order valence-electron chi connectivity index (χ3n) is 6.10. The van der Waals surface area contributed by atoms with Gasteiger partial charge in [0.2, 0.25) is 0 Å². The van der Waals surface area contributed by atoms with Gasteiger partial charge in [-0.05, 0) is 40.2 Å². The van der Waals surface area contributed by atoms with E-state index in [0.29, 0.717) is 19.0 Å². The molecule has 5 atom stereocenters. The highest BCUT2D eigenvalue weighted by molar-refractivity contribution is 5.83. The Hall–Kier alpha value is -1.98. The number of methoxy groups -OCH3 is 1.